The highest BCUT2D eigenvalue weighted by molar-refractivity contribution is 5.93. The summed E-state index contributed by atoms with van der Waals surface area (Å²) in [7, 11) is 0. The van der Waals surface area contributed by atoms with Gasteiger partial charge in [-0.05, 0) is 24.3 Å². The fraction of sp³-hybridized carbons (Fsp3) is 0.286. The fourth-order valence-corrected chi connectivity index (χ4v) is 1.84. The van der Waals surface area contributed by atoms with Gasteiger partial charge in [-0.3, -0.25) is 4.79 Å². The van der Waals surface area contributed by atoms with Gasteiger partial charge in [0.15, 0.2) is 11.5 Å². The van der Waals surface area contributed by atoms with Gasteiger partial charge < -0.3 is 19.6 Å². The monoisotopic (exact) mass is 294 g/mol. The molecule has 21 heavy (non-hydrogen) atoms. The summed E-state index contributed by atoms with van der Waals surface area (Å²) in [5.41, 5.74) is 0.662. The van der Waals surface area contributed by atoms with Gasteiger partial charge in [0.2, 0.25) is 0 Å². The van der Waals surface area contributed by atoms with Crippen molar-refractivity contribution < 1.29 is 23.9 Å². The molecule has 0 saturated heterocycles. The molecule has 112 valence electrons. The van der Waals surface area contributed by atoms with E-state index in [-0.39, 0.29) is 37.8 Å². The topological polar surface area (TPSA) is 86.8 Å². The Morgan fingerprint density at radius 3 is 2.38 bits per heavy atom. The van der Waals surface area contributed by atoms with Crippen molar-refractivity contribution in [3.63, 3.8) is 0 Å². The molecule has 0 unspecified atom stereocenters. The Labute approximate surface area is 120 Å². The van der Waals surface area contributed by atoms with Gasteiger partial charge in [-0.1, -0.05) is 5.16 Å². The molecule has 2 rings (SSSR count). The summed E-state index contributed by atoms with van der Waals surface area (Å²) in [6.07, 6.45) is 0. The molecule has 1 aromatic heterocycles. The molecular weight excluding hydrogens is 279 g/mol. The molecule has 0 fully saturated rings. The minimum atomic E-state index is -0.449. The zero-order valence-electron chi connectivity index (χ0n) is 11.2. The molecule has 0 atom stereocenters. The van der Waals surface area contributed by atoms with Gasteiger partial charge in [0.1, 0.15) is 5.82 Å². The Hall–Kier alpha value is -2.25. The minimum Gasteiger partial charge on any atom is -0.395 e. The number of hydrogen-bond donors (Lipinski definition) is 2. The molecule has 6 nitrogen and oxygen atoms in total. The largest absolute Gasteiger partial charge is 0.395 e. The van der Waals surface area contributed by atoms with Gasteiger partial charge in [-0.25, -0.2) is 4.39 Å². The first-order valence-corrected chi connectivity index (χ1v) is 6.39. The number of rotatable bonds is 6. The average Bonchev–Trinajstić information content (AvgIpc) is 2.97. The highest BCUT2D eigenvalue weighted by Gasteiger charge is 2.19. The van der Waals surface area contributed by atoms with Crippen LogP contribution in [0, 0.1) is 5.82 Å². The lowest BCUT2D eigenvalue weighted by atomic mass is 10.1. The van der Waals surface area contributed by atoms with Gasteiger partial charge in [0.25, 0.3) is 5.91 Å². The molecular formula is C14H15FN2O4. The van der Waals surface area contributed by atoms with E-state index in [9.17, 15) is 9.18 Å². The molecule has 0 aliphatic rings. The van der Waals surface area contributed by atoms with Crippen LogP contribution < -0.4 is 0 Å². The molecule has 0 radical (unpaired) electrons. The number of halogens is 1. The maximum absolute atomic E-state index is 12.9. The average molecular weight is 294 g/mol. The van der Waals surface area contributed by atoms with Crippen LogP contribution in [0.5, 0.6) is 0 Å². The molecule has 1 amide bonds. The number of benzene rings is 1. The lowest BCUT2D eigenvalue weighted by Crippen LogP contribution is -2.36. The standard InChI is InChI=1S/C14H15FN2O4/c15-11-3-1-10(2-4-11)13-9-12(16-21-13)14(20)17(5-7-18)6-8-19/h1-4,9,18-19H,5-8H2. The number of aromatic nitrogens is 1. The van der Waals surface area contributed by atoms with Crippen LogP contribution in [0.15, 0.2) is 34.9 Å². The summed E-state index contributed by atoms with van der Waals surface area (Å²) in [6, 6.07) is 7.04. The van der Waals surface area contributed by atoms with E-state index in [1.807, 2.05) is 0 Å². The van der Waals surface area contributed by atoms with E-state index in [0.29, 0.717) is 11.3 Å². The number of carbonyl (C=O) groups is 1. The molecule has 1 aromatic carbocycles. The van der Waals surface area contributed by atoms with Crippen LogP contribution in [0.25, 0.3) is 11.3 Å². The molecule has 0 aliphatic heterocycles. The van der Waals surface area contributed by atoms with Crippen molar-refractivity contribution in [1.82, 2.24) is 10.1 Å². The number of carbonyl (C=O) groups excluding carboxylic acids is 1. The second-order valence-electron chi connectivity index (χ2n) is 4.32. The third-order valence-electron chi connectivity index (χ3n) is 2.89. The fourth-order valence-electron chi connectivity index (χ4n) is 1.84. The van der Waals surface area contributed by atoms with E-state index in [1.165, 1.54) is 35.2 Å². The van der Waals surface area contributed by atoms with Crippen molar-refractivity contribution in [3.8, 4) is 11.3 Å². The number of amides is 1. The van der Waals surface area contributed by atoms with E-state index < -0.39 is 5.91 Å². The van der Waals surface area contributed by atoms with Crippen LogP contribution in [0.1, 0.15) is 10.5 Å². The summed E-state index contributed by atoms with van der Waals surface area (Å²) in [5, 5.41) is 21.5. The SMILES string of the molecule is O=C(c1cc(-c2ccc(F)cc2)on1)N(CCO)CCO. The summed E-state index contributed by atoms with van der Waals surface area (Å²) in [4.78, 5) is 13.4. The van der Waals surface area contributed by atoms with Crippen LogP contribution in [-0.4, -0.2) is 52.5 Å². The molecule has 0 saturated carbocycles. The van der Waals surface area contributed by atoms with Crippen molar-refractivity contribution in [1.29, 1.82) is 0 Å². The Morgan fingerprint density at radius 1 is 1.19 bits per heavy atom. The maximum Gasteiger partial charge on any atom is 0.276 e. The van der Waals surface area contributed by atoms with E-state index >= 15 is 0 Å². The predicted octanol–water partition coefficient (Wildman–Crippen LogP) is 0.907. The molecule has 0 aliphatic carbocycles. The van der Waals surface area contributed by atoms with Crippen molar-refractivity contribution in [2.24, 2.45) is 0 Å². The predicted molar refractivity (Wildman–Crippen MR) is 72.0 cm³/mol. The Kier molecular flexibility index (Phi) is 5.02. The van der Waals surface area contributed by atoms with E-state index in [0.717, 1.165) is 0 Å². The second kappa shape index (κ2) is 6.96. The highest BCUT2D eigenvalue weighted by Crippen LogP contribution is 2.21. The number of aliphatic hydroxyl groups excluding tert-OH is 2. The Balaban J connectivity index is 2.18. The van der Waals surface area contributed by atoms with Gasteiger partial charge in [-0.15, -0.1) is 0 Å². The highest BCUT2D eigenvalue weighted by atomic mass is 19.1. The molecule has 2 N–H and O–H groups in total. The molecule has 2 aromatic rings. The number of hydrogen-bond acceptors (Lipinski definition) is 5. The third-order valence-corrected chi connectivity index (χ3v) is 2.89. The molecule has 1 heterocycles. The zero-order chi connectivity index (χ0) is 15.2. The first kappa shape index (κ1) is 15.1. The number of aliphatic hydroxyl groups is 2. The minimum absolute atomic E-state index is 0.0659. The normalized spacial score (nSPS) is 10.6. The lowest BCUT2D eigenvalue weighted by molar-refractivity contribution is 0.0674. The molecule has 7 heteroatoms. The van der Waals surface area contributed by atoms with Crippen LogP contribution in [0.2, 0.25) is 0 Å². The lowest BCUT2D eigenvalue weighted by Gasteiger charge is -2.18. The Bertz CT molecular complexity index is 591. The van der Waals surface area contributed by atoms with Gasteiger partial charge in [0, 0.05) is 24.7 Å². The Morgan fingerprint density at radius 2 is 1.81 bits per heavy atom. The van der Waals surface area contributed by atoms with E-state index in [1.54, 1.807) is 0 Å². The molecule has 0 spiro atoms. The third kappa shape index (κ3) is 3.65. The number of nitrogens with zero attached hydrogens (tertiary/aromatic N) is 2. The van der Waals surface area contributed by atoms with Crippen molar-refractivity contribution in [2.45, 2.75) is 0 Å². The summed E-state index contributed by atoms with van der Waals surface area (Å²) in [6.45, 7) is -0.237. The first-order chi connectivity index (χ1) is 10.2. The zero-order valence-corrected chi connectivity index (χ0v) is 11.2. The van der Waals surface area contributed by atoms with Crippen LogP contribution >= 0.6 is 0 Å². The summed E-state index contributed by atoms with van der Waals surface area (Å²) >= 11 is 0. The van der Waals surface area contributed by atoms with Crippen LogP contribution in [0.4, 0.5) is 4.39 Å². The molecule has 0 bridgehead atoms. The van der Waals surface area contributed by atoms with Crippen molar-refractivity contribution in [2.75, 3.05) is 26.3 Å². The second-order valence-corrected chi connectivity index (χ2v) is 4.32. The first-order valence-electron chi connectivity index (χ1n) is 6.39. The van der Waals surface area contributed by atoms with Gasteiger partial charge >= 0.3 is 0 Å². The maximum atomic E-state index is 12.9. The van der Waals surface area contributed by atoms with Gasteiger partial charge in [0.05, 0.1) is 13.2 Å². The van der Waals surface area contributed by atoms with Crippen LogP contribution in [-0.2, 0) is 0 Å². The smallest absolute Gasteiger partial charge is 0.276 e. The van der Waals surface area contributed by atoms with Gasteiger partial charge in [-0.2, -0.15) is 0 Å². The summed E-state index contributed by atoms with van der Waals surface area (Å²) in [5.74, 6) is -0.479. The van der Waals surface area contributed by atoms with Crippen molar-refractivity contribution >= 4 is 5.91 Å². The summed E-state index contributed by atoms with van der Waals surface area (Å²) < 4.78 is 17.9. The van der Waals surface area contributed by atoms with E-state index in [4.69, 9.17) is 14.7 Å². The van der Waals surface area contributed by atoms with Crippen molar-refractivity contribution in [3.05, 3.63) is 41.8 Å². The quantitative estimate of drug-likeness (QED) is 0.827. The van der Waals surface area contributed by atoms with E-state index in [2.05, 4.69) is 5.16 Å². The van der Waals surface area contributed by atoms with Crippen LogP contribution in [0.3, 0.4) is 0 Å².